The van der Waals surface area contributed by atoms with Gasteiger partial charge in [0.25, 0.3) is 0 Å². The van der Waals surface area contributed by atoms with E-state index < -0.39 is 0 Å². The first kappa shape index (κ1) is 23.3. The molecule has 5 nitrogen and oxygen atoms in total. The molecule has 2 aromatic carbocycles. The van der Waals surface area contributed by atoms with Crippen molar-refractivity contribution in [3.8, 4) is 17.2 Å². The molecule has 0 aliphatic heterocycles. The zero-order valence-corrected chi connectivity index (χ0v) is 18.4. The highest BCUT2D eigenvalue weighted by Crippen LogP contribution is 2.29. The number of carbonyl (C=O) groups excluding carboxylic acids is 1. The second-order valence-electron chi connectivity index (χ2n) is 7.33. The predicted molar refractivity (Wildman–Crippen MR) is 123 cm³/mol. The Morgan fingerprint density at radius 2 is 1.80 bits per heavy atom. The normalized spacial score (nSPS) is 11.0. The van der Waals surface area contributed by atoms with Crippen LogP contribution in [0.2, 0.25) is 0 Å². The van der Waals surface area contributed by atoms with E-state index in [1.807, 2.05) is 56.3 Å². The largest absolute Gasteiger partial charge is 0.493 e. The summed E-state index contributed by atoms with van der Waals surface area (Å²) in [7, 11) is 1.62. The lowest BCUT2D eigenvalue weighted by atomic mass is 10.2. The summed E-state index contributed by atoms with van der Waals surface area (Å²) in [5.74, 6) is 1.95. The monoisotopic (exact) mass is 411 g/mol. The average molecular weight is 412 g/mol. The number of ether oxygens (including phenoxy) is 3. The van der Waals surface area contributed by atoms with E-state index in [1.165, 1.54) is 25.3 Å². The third-order valence-electron chi connectivity index (χ3n) is 4.36. The Balaban J connectivity index is 1.90. The number of hydrogen-bond acceptors (Lipinski definition) is 4. The highest BCUT2D eigenvalue weighted by Gasteiger charge is 2.06. The van der Waals surface area contributed by atoms with Gasteiger partial charge in [0.15, 0.2) is 11.5 Å². The van der Waals surface area contributed by atoms with Crippen LogP contribution in [0.25, 0.3) is 6.08 Å². The molecule has 0 bridgehead atoms. The molecule has 0 spiro atoms. The average Bonchev–Trinajstić information content (AvgIpc) is 2.73. The summed E-state index contributed by atoms with van der Waals surface area (Å²) in [5.41, 5.74) is 1.58. The Morgan fingerprint density at radius 1 is 1.03 bits per heavy atom. The number of benzene rings is 2. The van der Waals surface area contributed by atoms with Crippen LogP contribution in [-0.2, 0) is 4.79 Å². The molecular weight excluding hydrogens is 378 g/mol. The number of hydrogen-bond donors (Lipinski definition) is 1. The molecule has 0 aromatic heterocycles. The summed E-state index contributed by atoms with van der Waals surface area (Å²) in [6.07, 6.45) is 7.99. The van der Waals surface area contributed by atoms with E-state index in [2.05, 4.69) is 12.2 Å². The number of rotatable bonds is 12. The Labute approximate surface area is 180 Å². The molecule has 0 saturated heterocycles. The van der Waals surface area contributed by atoms with Gasteiger partial charge in [-0.2, -0.15) is 0 Å². The van der Waals surface area contributed by atoms with Crippen LogP contribution in [0, 0.1) is 0 Å². The lowest BCUT2D eigenvalue weighted by Gasteiger charge is -2.11. The second kappa shape index (κ2) is 12.6. The van der Waals surface area contributed by atoms with Gasteiger partial charge < -0.3 is 19.5 Å². The van der Waals surface area contributed by atoms with Crippen LogP contribution in [0.3, 0.4) is 0 Å². The number of anilines is 1. The van der Waals surface area contributed by atoms with Crippen LogP contribution in [0.1, 0.15) is 52.0 Å². The zero-order chi connectivity index (χ0) is 21.8. The Morgan fingerprint density at radius 3 is 2.47 bits per heavy atom. The minimum atomic E-state index is -0.206. The van der Waals surface area contributed by atoms with Gasteiger partial charge >= 0.3 is 0 Å². The van der Waals surface area contributed by atoms with Gasteiger partial charge in [-0.3, -0.25) is 4.79 Å². The fraction of sp³-hybridized carbons (Fsp3) is 0.400. The van der Waals surface area contributed by atoms with Crippen LogP contribution in [0.4, 0.5) is 5.69 Å². The maximum Gasteiger partial charge on any atom is 0.248 e. The SMILES string of the molecule is CCCCCCOc1ccc(/C=C/C(=O)Nc2ccc(OC(C)C)cc2)cc1OC. The molecule has 30 heavy (non-hydrogen) atoms. The molecule has 0 heterocycles. The molecule has 0 fully saturated rings. The molecule has 5 heteroatoms. The first-order chi connectivity index (χ1) is 14.5. The van der Waals surface area contributed by atoms with Gasteiger partial charge in [0.2, 0.25) is 5.91 Å². The molecule has 1 amide bonds. The van der Waals surface area contributed by atoms with Crippen molar-refractivity contribution in [3.05, 3.63) is 54.1 Å². The molecule has 0 aliphatic carbocycles. The maximum absolute atomic E-state index is 12.2. The molecule has 0 saturated carbocycles. The maximum atomic E-state index is 12.2. The van der Waals surface area contributed by atoms with E-state index in [9.17, 15) is 4.79 Å². The Bertz CT molecular complexity index is 812. The third kappa shape index (κ3) is 8.19. The summed E-state index contributed by atoms with van der Waals surface area (Å²) in [4.78, 5) is 12.2. The van der Waals surface area contributed by atoms with Crippen molar-refractivity contribution in [2.45, 2.75) is 52.6 Å². The van der Waals surface area contributed by atoms with E-state index in [0.717, 1.165) is 23.5 Å². The first-order valence-electron chi connectivity index (χ1n) is 10.6. The Hall–Kier alpha value is -2.95. The number of carbonyl (C=O) groups is 1. The topological polar surface area (TPSA) is 56.8 Å². The molecule has 0 unspecified atom stereocenters. The van der Waals surface area contributed by atoms with Crippen molar-refractivity contribution in [2.24, 2.45) is 0 Å². The standard InChI is InChI=1S/C25H33NO4/c1-5-6-7-8-17-29-23-15-9-20(18-24(23)28-4)10-16-25(27)26-21-11-13-22(14-12-21)30-19(2)3/h9-16,18-19H,5-8,17H2,1-4H3,(H,26,27)/b16-10+. The van der Waals surface area contributed by atoms with Crippen molar-refractivity contribution in [3.63, 3.8) is 0 Å². The third-order valence-corrected chi connectivity index (χ3v) is 4.36. The summed E-state index contributed by atoms with van der Waals surface area (Å²) in [6.45, 7) is 6.81. The van der Waals surface area contributed by atoms with Crippen LogP contribution in [-0.4, -0.2) is 25.7 Å². The molecule has 2 rings (SSSR count). The predicted octanol–water partition coefficient (Wildman–Crippen LogP) is 6.09. The zero-order valence-electron chi connectivity index (χ0n) is 18.4. The number of methoxy groups -OCH3 is 1. The van der Waals surface area contributed by atoms with Gasteiger partial charge in [0.1, 0.15) is 5.75 Å². The van der Waals surface area contributed by atoms with Gasteiger partial charge in [-0.1, -0.05) is 32.3 Å². The van der Waals surface area contributed by atoms with E-state index in [1.54, 1.807) is 13.2 Å². The highest BCUT2D eigenvalue weighted by atomic mass is 16.5. The smallest absolute Gasteiger partial charge is 0.248 e. The van der Waals surface area contributed by atoms with E-state index >= 15 is 0 Å². The van der Waals surface area contributed by atoms with E-state index in [0.29, 0.717) is 18.0 Å². The first-order valence-corrected chi connectivity index (χ1v) is 10.6. The molecule has 0 aliphatic rings. The number of unbranched alkanes of at least 4 members (excludes halogenated alkanes) is 3. The van der Waals surface area contributed by atoms with Crippen molar-refractivity contribution in [1.29, 1.82) is 0 Å². The minimum absolute atomic E-state index is 0.114. The van der Waals surface area contributed by atoms with Crippen LogP contribution >= 0.6 is 0 Å². The fourth-order valence-electron chi connectivity index (χ4n) is 2.86. The number of amides is 1. The molecule has 1 N–H and O–H groups in total. The van der Waals surface area contributed by atoms with Crippen LogP contribution < -0.4 is 19.5 Å². The molecular formula is C25H33NO4. The lowest BCUT2D eigenvalue weighted by molar-refractivity contribution is -0.111. The quantitative estimate of drug-likeness (QED) is 0.339. The van der Waals surface area contributed by atoms with Crippen molar-refractivity contribution in [1.82, 2.24) is 0 Å². The van der Waals surface area contributed by atoms with E-state index in [-0.39, 0.29) is 12.0 Å². The molecule has 2 aromatic rings. The Kier molecular flexibility index (Phi) is 9.78. The summed E-state index contributed by atoms with van der Waals surface area (Å²) in [6, 6.07) is 13.0. The van der Waals surface area contributed by atoms with Crippen molar-refractivity contribution < 1.29 is 19.0 Å². The van der Waals surface area contributed by atoms with Crippen LogP contribution in [0.15, 0.2) is 48.5 Å². The van der Waals surface area contributed by atoms with Gasteiger partial charge in [-0.25, -0.2) is 0 Å². The fourth-order valence-corrected chi connectivity index (χ4v) is 2.86. The van der Waals surface area contributed by atoms with E-state index in [4.69, 9.17) is 14.2 Å². The molecule has 0 radical (unpaired) electrons. The van der Waals surface area contributed by atoms with Gasteiger partial charge in [-0.05, 0) is 68.3 Å². The van der Waals surface area contributed by atoms with Crippen molar-refractivity contribution >= 4 is 17.7 Å². The van der Waals surface area contributed by atoms with Crippen LogP contribution in [0.5, 0.6) is 17.2 Å². The second-order valence-corrected chi connectivity index (χ2v) is 7.33. The summed E-state index contributed by atoms with van der Waals surface area (Å²) >= 11 is 0. The van der Waals surface area contributed by atoms with Crippen molar-refractivity contribution in [2.75, 3.05) is 19.0 Å². The molecule has 0 atom stereocenters. The number of nitrogens with one attached hydrogen (secondary N) is 1. The van der Waals surface area contributed by atoms with Gasteiger partial charge in [-0.15, -0.1) is 0 Å². The summed E-state index contributed by atoms with van der Waals surface area (Å²) in [5, 5.41) is 2.84. The lowest BCUT2D eigenvalue weighted by Crippen LogP contribution is -2.08. The highest BCUT2D eigenvalue weighted by molar-refractivity contribution is 6.01. The molecule has 162 valence electrons. The summed E-state index contributed by atoms with van der Waals surface area (Å²) < 4.78 is 16.9. The van der Waals surface area contributed by atoms with Gasteiger partial charge in [0.05, 0.1) is 19.8 Å². The van der Waals surface area contributed by atoms with Gasteiger partial charge in [0, 0.05) is 11.8 Å². The minimum Gasteiger partial charge on any atom is -0.493 e.